The molecule has 1 N–H and O–H groups in total. The molecule has 146 valence electrons. The van der Waals surface area contributed by atoms with Gasteiger partial charge in [0.1, 0.15) is 0 Å². The average molecular weight is 387 g/mol. The minimum atomic E-state index is -0.398. The molecule has 0 saturated carbocycles. The van der Waals surface area contributed by atoms with Crippen molar-refractivity contribution in [3.8, 4) is 0 Å². The number of rotatable bonds is 5. The van der Waals surface area contributed by atoms with Crippen LogP contribution in [0.2, 0.25) is 5.02 Å². The number of aryl methyl sites for hydroxylation is 1. The molecule has 0 radical (unpaired) electrons. The first-order chi connectivity index (χ1) is 12.9. The highest BCUT2D eigenvalue weighted by Crippen LogP contribution is 2.41. The van der Waals surface area contributed by atoms with Crippen LogP contribution in [0.25, 0.3) is 0 Å². The zero-order chi connectivity index (χ0) is 19.6. The highest BCUT2D eigenvalue weighted by Gasteiger charge is 2.40. The molecule has 1 aliphatic rings. The van der Waals surface area contributed by atoms with Crippen LogP contribution >= 0.6 is 11.6 Å². The van der Waals surface area contributed by atoms with Gasteiger partial charge in [0.25, 0.3) is 0 Å². The van der Waals surface area contributed by atoms with Gasteiger partial charge in [0, 0.05) is 5.02 Å². The molecular weight excluding hydrogens is 356 g/mol. The van der Waals surface area contributed by atoms with Gasteiger partial charge in [0.05, 0.1) is 18.3 Å². The zero-order valence-corrected chi connectivity index (χ0v) is 17.5. The van der Waals surface area contributed by atoms with Crippen LogP contribution in [0.1, 0.15) is 62.5 Å². The summed E-state index contributed by atoms with van der Waals surface area (Å²) in [4.78, 5) is 0. The highest BCUT2D eigenvalue weighted by molar-refractivity contribution is 6.31. The molecule has 1 saturated heterocycles. The number of halogens is 1. The van der Waals surface area contributed by atoms with Crippen LogP contribution < -0.4 is 0 Å². The quantitative estimate of drug-likeness (QED) is 0.685. The van der Waals surface area contributed by atoms with E-state index in [1.54, 1.807) is 0 Å². The molecule has 1 fully saturated rings. The normalized spacial score (nSPS) is 28.3. The van der Waals surface area contributed by atoms with Crippen molar-refractivity contribution in [3.05, 3.63) is 69.7 Å². The third-order valence-corrected chi connectivity index (χ3v) is 6.54. The maximum Gasteiger partial charge on any atom is 0.0859 e. The van der Waals surface area contributed by atoms with Crippen LogP contribution in [0.5, 0.6) is 0 Å². The van der Waals surface area contributed by atoms with E-state index in [1.807, 2.05) is 6.07 Å². The van der Waals surface area contributed by atoms with E-state index in [0.717, 1.165) is 35.4 Å². The Kier molecular flexibility index (Phi) is 6.62. The van der Waals surface area contributed by atoms with Crippen molar-refractivity contribution in [2.24, 2.45) is 11.8 Å². The summed E-state index contributed by atoms with van der Waals surface area (Å²) in [6, 6.07) is 15.0. The monoisotopic (exact) mass is 386 g/mol. The van der Waals surface area contributed by atoms with Crippen LogP contribution in [0.4, 0.5) is 0 Å². The third-order valence-electron chi connectivity index (χ3n) is 6.17. The molecule has 0 bridgehead atoms. The minimum absolute atomic E-state index is 0.00756. The fourth-order valence-electron chi connectivity index (χ4n) is 4.06. The predicted molar refractivity (Wildman–Crippen MR) is 112 cm³/mol. The van der Waals surface area contributed by atoms with Gasteiger partial charge in [0.15, 0.2) is 0 Å². The van der Waals surface area contributed by atoms with E-state index >= 15 is 0 Å². The molecule has 0 aromatic heterocycles. The highest BCUT2D eigenvalue weighted by atomic mass is 35.5. The standard InChI is InChI=1S/C24H31ClO2/c1-5-17-7-9-18(10-8-17)13-20-14-19(11-12-21(20)25)24-16(4)15(3)23(26)22(6-2)27-24/h7-12,14-16,22-24,26H,5-6,13H2,1-4H3. The van der Waals surface area contributed by atoms with Gasteiger partial charge in [-0.05, 0) is 59.4 Å². The van der Waals surface area contributed by atoms with Gasteiger partial charge < -0.3 is 9.84 Å². The van der Waals surface area contributed by atoms with Gasteiger partial charge in [-0.25, -0.2) is 0 Å². The van der Waals surface area contributed by atoms with Crippen LogP contribution in [0.3, 0.4) is 0 Å². The number of benzene rings is 2. The van der Waals surface area contributed by atoms with Gasteiger partial charge in [-0.15, -0.1) is 0 Å². The molecule has 5 atom stereocenters. The average Bonchev–Trinajstić information content (AvgIpc) is 2.69. The topological polar surface area (TPSA) is 29.5 Å². The second-order valence-electron chi connectivity index (χ2n) is 7.91. The summed E-state index contributed by atoms with van der Waals surface area (Å²) >= 11 is 6.51. The number of ether oxygens (including phenoxy) is 1. The Morgan fingerprint density at radius 1 is 0.963 bits per heavy atom. The second kappa shape index (κ2) is 8.77. The summed E-state index contributed by atoms with van der Waals surface area (Å²) in [5.41, 5.74) is 4.89. The van der Waals surface area contributed by atoms with E-state index in [2.05, 4.69) is 64.1 Å². The third kappa shape index (κ3) is 4.39. The maximum atomic E-state index is 10.5. The summed E-state index contributed by atoms with van der Waals surface area (Å²) in [6.07, 6.45) is 2.17. The Morgan fingerprint density at radius 2 is 1.63 bits per heavy atom. The van der Waals surface area contributed by atoms with Gasteiger partial charge in [-0.1, -0.05) is 75.7 Å². The fraction of sp³-hybridized carbons (Fsp3) is 0.500. The fourth-order valence-corrected chi connectivity index (χ4v) is 4.24. The van der Waals surface area contributed by atoms with E-state index in [1.165, 1.54) is 11.1 Å². The molecule has 2 aromatic carbocycles. The van der Waals surface area contributed by atoms with E-state index in [0.29, 0.717) is 0 Å². The SMILES string of the molecule is CCc1ccc(Cc2cc(C3OC(CC)C(O)C(C)C3C)ccc2Cl)cc1. The molecular formula is C24H31ClO2. The van der Waals surface area contributed by atoms with E-state index in [9.17, 15) is 5.11 Å². The summed E-state index contributed by atoms with van der Waals surface area (Å²) in [5, 5.41) is 11.3. The number of hydrogen-bond acceptors (Lipinski definition) is 2. The first-order valence-electron chi connectivity index (χ1n) is 10.1. The van der Waals surface area contributed by atoms with Gasteiger partial charge in [-0.3, -0.25) is 0 Å². The van der Waals surface area contributed by atoms with Gasteiger partial charge in [-0.2, -0.15) is 0 Å². The van der Waals surface area contributed by atoms with Crippen molar-refractivity contribution < 1.29 is 9.84 Å². The van der Waals surface area contributed by atoms with Crippen molar-refractivity contribution in [2.45, 2.75) is 65.3 Å². The Balaban J connectivity index is 1.85. The molecule has 0 amide bonds. The largest absolute Gasteiger partial charge is 0.390 e. The van der Waals surface area contributed by atoms with Crippen molar-refractivity contribution in [2.75, 3.05) is 0 Å². The summed E-state index contributed by atoms with van der Waals surface area (Å²) < 4.78 is 6.30. The van der Waals surface area contributed by atoms with Crippen LogP contribution in [-0.2, 0) is 17.6 Å². The Morgan fingerprint density at radius 3 is 2.26 bits per heavy atom. The van der Waals surface area contributed by atoms with E-state index < -0.39 is 6.10 Å². The maximum absolute atomic E-state index is 10.5. The van der Waals surface area contributed by atoms with Crippen LogP contribution in [0, 0.1) is 11.8 Å². The number of aliphatic hydroxyl groups is 1. The van der Waals surface area contributed by atoms with Gasteiger partial charge in [0.2, 0.25) is 0 Å². The molecule has 0 aliphatic carbocycles. The Hall–Kier alpha value is -1.35. The zero-order valence-electron chi connectivity index (χ0n) is 16.8. The first kappa shape index (κ1) is 20.4. The van der Waals surface area contributed by atoms with Crippen molar-refractivity contribution >= 4 is 11.6 Å². The summed E-state index contributed by atoms with van der Waals surface area (Å²) in [6.45, 7) is 8.53. The molecule has 5 unspecified atom stereocenters. The smallest absolute Gasteiger partial charge is 0.0859 e. The van der Waals surface area contributed by atoms with Crippen molar-refractivity contribution in [1.29, 1.82) is 0 Å². The molecule has 1 heterocycles. The molecule has 0 spiro atoms. The minimum Gasteiger partial charge on any atom is -0.390 e. The molecule has 27 heavy (non-hydrogen) atoms. The lowest BCUT2D eigenvalue weighted by atomic mass is 9.78. The second-order valence-corrected chi connectivity index (χ2v) is 8.32. The molecule has 3 rings (SSSR count). The first-order valence-corrected chi connectivity index (χ1v) is 10.5. The lowest BCUT2D eigenvalue weighted by Crippen LogP contribution is -2.45. The molecule has 2 aromatic rings. The molecule has 2 nitrogen and oxygen atoms in total. The molecule has 3 heteroatoms. The lowest BCUT2D eigenvalue weighted by Gasteiger charge is -2.43. The number of aliphatic hydroxyl groups excluding tert-OH is 1. The Bertz CT molecular complexity index is 753. The van der Waals surface area contributed by atoms with E-state index in [-0.39, 0.29) is 24.0 Å². The van der Waals surface area contributed by atoms with E-state index in [4.69, 9.17) is 16.3 Å². The Labute approximate surface area is 168 Å². The van der Waals surface area contributed by atoms with Crippen LogP contribution in [-0.4, -0.2) is 17.3 Å². The summed E-state index contributed by atoms with van der Waals surface area (Å²) in [7, 11) is 0. The molecule has 1 aliphatic heterocycles. The lowest BCUT2D eigenvalue weighted by molar-refractivity contribution is -0.171. The predicted octanol–water partition coefficient (Wildman–Crippen LogP) is 5.98. The van der Waals surface area contributed by atoms with Crippen molar-refractivity contribution in [1.82, 2.24) is 0 Å². The van der Waals surface area contributed by atoms with Crippen molar-refractivity contribution in [3.63, 3.8) is 0 Å². The van der Waals surface area contributed by atoms with Gasteiger partial charge >= 0.3 is 0 Å². The van der Waals surface area contributed by atoms with Crippen LogP contribution in [0.15, 0.2) is 42.5 Å². The number of hydrogen-bond donors (Lipinski definition) is 1. The summed E-state index contributed by atoms with van der Waals surface area (Å²) in [5.74, 6) is 0.454.